The summed E-state index contributed by atoms with van der Waals surface area (Å²) >= 11 is 0. The van der Waals surface area contributed by atoms with Gasteiger partial charge >= 0.3 is 13.7 Å². The standard InChI is InChI=1S/C32H39N2O7P/c1-6-37-42(36,38-7-2)30(40-29-15-10-24-9-8-23(22-33)20-26(24)21-29)25-11-13-27(14-12-25)39-28-16-18-34(19-17-28)31(35)41-32(3,4)5/h8-15,20-21,28,30H,6-7,16-19H2,1-5H3. The molecule has 0 aromatic heterocycles. The molecule has 1 aliphatic heterocycles. The normalized spacial score (nSPS) is 15.2. The molecule has 0 bridgehead atoms. The van der Waals surface area contributed by atoms with Crippen molar-refractivity contribution in [1.29, 1.82) is 5.26 Å². The van der Waals surface area contributed by atoms with Gasteiger partial charge in [-0.2, -0.15) is 5.26 Å². The molecule has 1 atom stereocenters. The first kappa shape index (κ1) is 31.4. The minimum atomic E-state index is -3.74. The molecule has 1 fully saturated rings. The van der Waals surface area contributed by atoms with E-state index in [4.69, 9.17) is 23.3 Å². The van der Waals surface area contributed by atoms with Crippen molar-refractivity contribution in [2.24, 2.45) is 0 Å². The van der Waals surface area contributed by atoms with E-state index in [1.807, 2.05) is 51.1 Å². The Balaban J connectivity index is 1.50. The Bertz CT molecular complexity index is 1440. The molecular formula is C32H39N2O7P. The van der Waals surface area contributed by atoms with E-state index in [1.165, 1.54) is 0 Å². The van der Waals surface area contributed by atoms with Crippen LogP contribution in [0.15, 0.2) is 60.7 Å². The van der Waals surface area contributed by atoms with E-state index in [1.54, 1.807) is 49.1 Å². The second-order valence-electron chi connectivity index (χ2n) is 11.0. The summed E-state index contributed by atoms with van der Waals surface area (Å²) in [7, 11) is -3.74. The van der Waals surface area contributed by atoms with Crippen molar-refractivity contribution < 1.29 is 32.6 Å². The summed E-state index contributed by atoms with van der Waals surface area (Å²) in [5.74, 6) is 0.102. The van der Waals surface area contributed by atoms with Crippen LogP contribution < -0.4 is 9.47 Å². The van der Waals surface area contributed by atoms with Crippen LogP contribution in [-0.2, 0) is 18.3 Å². The number of hydrogen-bond donors (Lipinski definition) is 0. The van der Waals surface area contributed by atoms with Crippen LogP contribution in [0.25, 0.3) is 10.8 Å². The van der Waals surface area contributed by atoms with E-state index >= 15 is 0 Å². The summed E-state index contributed by atoms with van der Waals surface area (Å²) in [6.07, 6.45) is 1.02. The van der Waals surface area contributed by atoms with Gasteiger partial charge in [-0.05, 0) is 81.8 Å². The zero-order valence-electron chi connectivity index (χ0n) is 24.9. The third-order valence-corrected chi connectivity index (χ3v) is 8.87. The molecule has 3 aromatic carbocycles. The van der Waals surface area contributed by atoms with Gasteiger partial charge in [0.2, 0.25) is 5.85 Å². The molecule has 1 amide bonds. The first-order valence-corrected chi connectivity index (χ1v) is 15.9. The van der Waals surface area contributed by atoms with E-state index < -0.39 is 19.0 Å². The van der Waals surface area contributed by atoms with Crippen LogP contribution in [0.1, 0.15) is 64.4 Å². The molecule has 0 spiro atoms. The minimum Gasteiger partial charge on any atom is -0.490 e. The Kier molecular flexibility index (Phi) is 10.2. The summed E-state index contributed by atoms with van der Waals surface area (Å²) < 4.78 is 43.4. The quantitative estimate of drug-likeness (QED) is 0.219. The predicted octanol–water partition coefficient (Wildman–Crippen LogP) is 7.83. The van der Waals surface area contributed by atoms with Crippen LogP contribution >= 0.6 is 7.60 Å². The number of carbonyl (C=O) groups excluding carboxylic acids is 1. The molecule has 3 aromatic rings. The molecular weight excluding hydrogens is 555 g/mol. The zero-order valence-corrected chi connectivity index (χ0v) is 25.8. The number of piperidine rings is 1. The van der Waals surface area contributed by atoms with Gasteiger partial charge in [0, 0.05) is 31.5 Å². The fourth-order valence-electron chi connectivity index (χ4n) is 4.73. The molecule has 0 aliphatic carbocycles. The van der Waals surface area contributed by atoms with Crippen molar-refractivity contribution in [3.05, 3.63) is 71.8 Å². The van der Waals surface area contributed by atoms with E-state index in [0.29, 0.717) is 48.6 Å². The second kappa shape index (κ2) is 13.6. The molecule has 10 heteroatoms. The first-order chi connectivity index (χ1) is 20.0. The van der Waals surface area contributed by atoms with Crippen LogP contribution in [0, 0.1) is 11.3 Å². The van der Waals surface area contributed by atoms with E-state index in [9.17, 15) is 14.6 Å². The lowest BCUT2D eigenvalue weighted by Gasteiger charge is -2.33. The summed E-state index contributed by atoms with van der Waals surface area (Å²) in [6, 6.07) is 20.3. The number of fused-ring (bicyclic) bond motifs is 1. The van der Waals surface area contributed by atoms with Crippen molar-refractivity contribution in [2.45, 2.75) is 65.0 Å². The molecule has 1 saturated heterocycles. The Hall–Kier alpha value is -3.57. The van der Waals surface area contributed by atoms with Gasteiger partial charge < -0.3 is 28.2 Å². The number of nitriles is 1. The predicted molar refractivity (Wildman–Crippen MR) is 161 cm³/mol. The van der Waals surface area contributed by atoms with Crippen molar-refractivity contribution in [2.75, 3.05) is 26.3 Å². The van der Waals surface area contributed by atoms with Crippen LogP contribution in [-0.4, -0.2) is 49.0 Å². The molecule has 0 saturated carbocycles. The Labute approximate surface area is 247 Å². The average molecular weight is 595 g/mol. The highest BCUT2D eigenvalue weighted by molar-refractivity contribution is 7.54. The fourth-order valence-corrected chi connectivity index (χ4v) is 6.58. The SMILES string of the molecule is CCOP(=O)(OCC)C(Oc1ccc2ccc(C#N)cc2c1)c1ccc(OC2CCN(C(=O)OC(C)(C)C)CC2)cc1. The van der Waals surface area contributed by atoms with Gasteiger partial charge in [-0.15, -0.1) is 0 Å². The summed E-state index contributed by atoms with van der Waals surface area (Å²) in [4.78, 5) is 14.1. The maximum Gasteiger partial charge on any atom is 0.410 e. The summed E-state index contributed by atoms with van der Waals surface area (Å²) in [6.45, 7) is 10.6. The number of amides is 1. The van der Waals surface area contributed by atoms with E-state index in [0.717, 1.165) is 10.8 Å². The summed E-state index contributed by atoms with van der Waals surface area (Å²) in [5, 5.41) is 11.1. The van der Waals surface area contributed by atoms with E-state index in [2.05, 4.69) is 6.07 Å². The van der Waals surface area contributed by atoms with Gasteiger partial charge in [-0.25, -0.2) is 4.79 Å². The van der Waals surface area contributed by atoms with Crippen LogP contribution in [0.5, 0.6) is 11.5 Å². The van der Waals surface area contributed by atoms with Gasteiger partial charge in [-0.3, -0.25) is 4.57 Å². The van der Waals surface area contributed by atoms with Crippen molar-refractivity contribution in [1.82, 2.24) is 4.90 Å². The molecule has 4 rings (SSSR count). The van der Waals surface area contributed by atoms with Crippen molar-refractivity contribution in [3.63, 3.8) is 0 Å². The smallest absolute Gasteiger partial charge is 0.410 e. The molecule has 1 unspecified atom stereocenters. The molecule has 1 aliphatic rings. The Morgan fingerprint density at radius 2 is 1.57 bits per heavy atom. The monoisotopic (exact) mass is 594 g/mol. The lowest BCUT2D eigenvalue weighted by Crippen LogP contribution is -2.44. The number of ether oxygens (including phenoxy) is 3. The first-order valence-electron chi connectivity index (χ1n) is 14.3. The highest BCUT2D eigenvalue weighted by Gasteiger charge is 2.39. The molecule has 1 heterocycles. The van der Waals surface area contributed by atoms with Crippen LogP contribution in [0.2, 0.25) is 0 Å². The van der Waals surface area contributed by atoms with Crippen molar-refractivity contribution >= 4 is 24.5 Å². The highest BCUT2D eigenvalue weighted by Crippen LogP contribution is 2.61. The van der Waals surface area contributed by atoms with Gasteiger partial charge in [0.05, 0.1) is 24.8 Å². The third kappa shape index (κ3) is 8.04. The fraction of sp³-hybridized carbons (Fsp3) is 0.438. The maximum absolute atomic E-state index is 14.0. The second-order valence-corrected chi connectivity index (χ2v) is 13.1. The van der Waals surface area contributed by atoms with Crippen LogP contribution in [0.4, 0.5) is 4.79 Å². The van der Waals surface area contributed by atoms with E-state index in [-0.39, 0.29) is 25.4 Å². The lowest BCUT2D eigenvalue weighted by molar-refractivity contribution is 0.0126. The highest BCUT2D eigenvalue weighted by atomic mass is 31.2. The van der Waals surface area contributed by atoms with Gasteiger partial charge in [-0.1, -0.05) is 24.3 Å². The third-order valence-electron chi connectivity index (χ3n) is 6.66. The van der Waals surface area contributed by atoms with Crippen LogP contribution in [0.3, 0.4) is 0 Å². The molecule has 0 radical (unpaired) electrons. The Morgan fingerprint density at radius 1 is 0.952 bits per heavy atom. The van der Waals surface area contributed by atoms with Gasteiger partial charge in [0.25, 0.3) is 0 Å². The number of carbonyl (C=O) groups is 1. The topological polar surface area (TPSA) is 107 Å². The largest absolute Gasteiger partial charge is 0.490 e. The molecule has 9 nitrogen and oxygen atoms in total. The van der Waals surface area contributed by atoms with Gasteiger partial charge in [0.1, 0.15) is 23.2 Å². The molecule has 224 valence electrons. The number of rotatable bonds is 10. The van der Waals surface area contributed by atoms with Crippen molar-refractivity contribution in [3.8, 4) is 17.6 Å². The zero-order chi connectivity index (χ0) is 30.3. The average Bonchev–Trinajstić information content (AvgIpc) is 2.95. The minimum absolute atomic E-state index is 0.0459. The number of nitrogens with zero attached hydrogens (tertiary/aromatic N) is 2. The molecule has 0 N–H and O–H groups in total. The number of likely N-dealkylation sites (tertiary alicyclic amines) is 1. The lowest BCUT2D eigenvalue weighted by atomic mass is 10.1. The van der Waals surface area contributed by atoms with Gasteiger partial charge in [0.15, 0.2) is 0 Å². The number of hydrogen-bond acceptors (Lipinski definition) is 8. The molecule has 42 heavy (non-hydrogen) atoms. The number of benzene rings is 3. The maximum atomic E-state index is 14.0. The Morgan fingerprint density at radius 3 is 2.17 bits per heavy atom. The summed E-state index contributed by atoms with van der Waals surface area (Å²) in [5.41, 5.74) is 0.617.